The van der Waals surface area contributed by atoms with E-state index in [-0.39, 0.29) is 5.91 Å². The molecule has 0 bridgehead atoms. The van der Waals surface area contributed by atoms with Crippen molar-refractivity contribution >= 4 is 33.9 Å². The predicted octanol–water partition coefficient (Wildman–Crippen LogP) is 2.33. The molecular weight excluding hydrogens is 358 g/mol. The maximum atomic E-state index is 12.8. The molecule has 0 aliphatic heterocycles. The van der Waals surface area contributed by atoms with Crippen molar-refractivity contribution in [3.05, 3.63) is 68.7 Å². The van der Waals surface area contributed by atoms with Gasteiger partial charge in [0.1, 0.15) is 0 Å². The molecule has 0 atom stereocenters. The van der Waals surface area contributed by atoms with Crippen molar-refractivity contribution in [2.75, 3.05) is 5.32 Å². The van der Waals surface area contributed by atoms with Gasteiger partial charge >= 0.3 is 11.1 Å². The molecule has 2 heterocycles. The van der Waals surface area contributed by atoms with Crippen LogP contribution in [0, 0.1) is 0 Å². The third kappa shape index (κ3) is 2.79. The van der Waals surface area contributed by atoms with Crippen LogP contribution in [0.15, 0.2) is 52.1 Å². The summed E-state index contributed by atoms with van der Waals surface area (Å²) in [6.07, 6.45) is 0. The van der Waals surface area contributed by atoms with Crippen LogP contribution in [-0.2, 0) is 13.1 Å². The largest absolute Gasteiger partial charge is 0.316 e. The zero-order valence-corrected chi connectivity index (χ0v) is 15.5. The molecular formula is C20H19N5O3. The summed E-state index contributed by atoms with van der Waals surface area (Å²) in [5, 5.41) is 2.84. The smallest absolute Gasteiger partial charge is 0.316 e. The number of nitrogens with one attached hydrogen (secondary N) is 2. The van der Waals surface area contributed by atoms with E-state index >= 15 is 0 Å². The van der Waals surface area contributed by atoms with Gasteiger partial charge in [0.15, 0.2) is 0 Å². The van der Waals surface area contributed by atoms with Crippen molar-refractivity contribution in [3.8, 4) is 0 Å². The molecule has 28 heavy (non-hydrogen) atoms. The molecule has 0 saturated heterocycles. The molecule has 1 amide bonds. The topological polar surface area (TPSA) is 102 Å². The minimum atomic E-state index is -0.709. The Kier molecular flexibility index (Phi) is 4.31. The molecule has 8 heteroatoms. The molecule has 0 unspecified atom stereocenters. The van der Waals surface area contributed by atoms with Crippen LogP contribution in [0.4, 0.5) is 5.95 Å². The lowest BCUT2D eigenvalue weighted by molar-refractivity contribution is 0.102. The van der Waals surface area contributed by atoms with Gasteiger partial charge in [-0.1, -0.05) is 12.1 Å². The molecule has 2 aromatic carbocycles. The van der Waals surface area contributed by atoms with Crippen LogP contribution in [0.1, 0.15) is 24.2 Å². The average molecular weight is 377 g/mol. The number of rotatable bonds is 4. The molecule has 0 spiro atoms. The van der Waals surface area contributed by atoms with E-state index in [1.807, 2.05) is 35.8 Å². The van der Waals surface area contributed by atoms with Gasteiger partial charge in [0.05, 0.1) is 22.1 Å². The first-order chi connectivity index (χ1) is 13.5. The van der Waals surface area contributed by atoms with Crippen LogP contribution in [0.2, 0.25) is 0 Å². The molecule has 0 saturated carbocycles. The number of aromatic amines is 1. The first-order valence-electron chi connectivity index (χ1n) is 9.07. The Balaban J connectivity index is 1.75. The van der Waals surface area contributed by atoms with Crippen LogP contribution < -0.4 is 16.4 Å². The normalized spacial score (nSPS) is 11.2. The molecule has 142 valence electrons. The number of imidazole rings is 1. The fourth-order valence-corrected chi connectivity index (χ4v) is 3.40. The lowest BCUT2D eigenvalue weighted by Gasteiger charge is -2.10. The first kappa shape index (κ1) is 17.7. The maximum Gasteiger partial charge on any atom is 0.316 e. The molecule has 0 radical (unpaired) electrons. The fourth-order valence-electron chi connectivity index (χ4n) is 3.40. The number of hydrogen-bond acceptors (Lipinski definition) is 4. The number of aryl methyl sites for hydroxylation is 2. The maximum absolute atomic E-state index is 12.8. The lowest BCUT2D eigenvalue weighted by atomic mass is 10.1. The molecule has 2 N–H and O–H groups in total. The average Bonchev–Trinajstić information content (AvgIpc) is 3.05. The third-order valence-electron chi connectivity index (χ3n) is 4.75. The number of carbonyl (C=O) groups is 1. The number of anilines is 1. The molecule has 2 aromatic heterocycles. The molecule has 0 aliphatic carbocycles. The monoisotopic (exact) mass is 377 g/mol. The highest BCUT2D eigenvalue weighted by molar-refractivity contribution is 6.05. The van der Waals surface area contributed by atoms with Crippen molar-refractivity contribution in [1.29, 1.82) is 0 Å². The minimum Gasteiger partial charge on any atom is -0.316 e. The highest BCUT2D eigenvalue weighted by Gasteiger charge is 2.15. The van der Waals surface area contributed by atoms with Crippen LogP contribution in [0.5, 0.6) is 0 Å². The Hall–Kier alpha value is -3.68. The van der Waals surface area contributed by atoms with Crippen molar-refractivity contribution in [3.63, 3.8) is 0 Å². The summed E-state index contributed by atoms with van der Waals surface area (Å²) in [6, 6.07) is 12.5. The van der Waals surface area contributed by atoms with Gasteiger partial charge in [0.2, 0.25) is 5.95 Å². The summed E-state index contributed by atoms with van der Waals surface area (Å²) in [6.45, 7) is 4.79. The second-order valence-corrected chi connectivity index (χ2v) is 6.36. The van der Waals surface area contributed by atoms with E-state index in [4.69, 9.17) is 0 Å². The minimum absolute atomic E-state index is 0.345. The van der Waals surface area contributed by atoms with E-state index in [1.165, 1.54) is 4.57 Å². The number of H-pyrrole nitrogens is 1. The van der Waals surface area contributed by atoms with Crippen LogP contribution in [-0.4, -0.2) is 25.0 Å². The molecule has 8 nitrogen and oxygen atoms in total. The zero-order valence-electron chi connectivity index (χ0n) is 15.5. The number of para-hydroxylation sites is 2. The Morgan fingerprint density at radius 3 is 2.54 bits per heavy atom. The fraction of sp³-hybridized carbons (Fsp3) is 0.200. The number of hydrogen-bond donors (Lipinski definition) is 2. The summed E-state index contributed by atoms with van der Waals surface area (Å²) in [5.74, 6) is 0.114. The number of nitrogens with zero attached hydrogens (tertiary/aromatic N) is 3. The van der Waals surface area contributed by atoms with E-state index in [1.54, 1.807) is 25.1 Å². The Morgan fingerprint density at radius 1 is 1.04 bits per heavy atom. The summed E-state index contributed by atoms with van der Waals surface area (Å²) < 4.78 is 3.30. The molecule has 0 fully saturated rings. The van der Waals surface area contributed by atoms with Crippen LogP contribution >= 0.6 is 0 Å². The highest BCUT2D eigenvalue weighted by atomic mass is 16.2. The van der Waals surface area contributed by atoms with Crippen molar-refractivity contribution in [2.24, 2.45) is 0 Å². The van der Waals surface area contributed by atoms with Gasteiger partial charge in [0, 0.05) is 18.7 Å². The molecule has 0 aliphatic rings. The summed E-state index contributed by atoms with van der Waals surface area (Å²) in [4.78, 5) is 43.6. The molecule has 4 rings (SSSR count). The van der Waals surface area contributed by atoms with Gasteiger partial charge in [-0.25, -0.2) is 4.98 Å². The number of amides is 1. The Bertz CT molecular complexity index is 1330. The number of benzene rings is 2. The third-order valence-corrected chi connectivity index (χ3v) is 4.75. The summed E-state index contributed by atoms with van der Waals surface area (Å²) >= 11 is 0. The first-order valence-corrected chi connectivity index (χ1v) is 9.07. The highest BCUT2D eigenvalue weighted by Crippen LogP contribution is 2.20. The van der Waals surface area contributed by atoms with Gasteiger partial charge in [-0.05, 0) is 44.2 Å². The Labute approximate surface area is 159 Å². The predicted molar refractivity (Wildman–Crippen MR) is 108 cm³/mol. The standard InChI is InChI=1S/C20H19N5O3/c1-3-24-16-10-9-12(11-14(16)21-18(27)19(24)28)17(26)23-20-22-13-7-5-6-8-15(13)25(20)4-2/h5-11H,3-4H2,1-2H3,(H,21,27)(H,22,23,26). The van der Waals surface area contributed by atoms with Gasteiger partial charge in [-0.3, -0.25) is 19.7 Å². The zero-order chi connectivity index (χ0) is 19.8. The van der Waals surface area contributed by atoms with Crippen LogP contribution in [0.25, 0.3) is 22.1 Å². The Morgan fingerprint density at radius 2 is 1.79 bits per heavy atom. The van der Waals surface area contributed by atoms with E-state index < -0.39 is 11.1 Å². The second-order valence-electron chi connectivity index (χ2n) is 6.36. The van der Waals surface area contributed by atoms with Gasteiger partial charge in [-0.2, -0.15) is 0 Å². The van der Waals surface area contributed by atoms with Gasteiger partial charge < -0.3 is 14.1 Å². The van der Waals surface area contributed by atoms with E-state index in [9.17, 15) is 14.4 Å². The van der Waals surface area contributed by atoms with E-state index in [0.29, 0.717) is 35.6 Å². The second kappa shape index (κ2) is 6.80. The lowest BCUT2D eigenvalue weighted by Crippen LogP contribution is -2.36. The summed E-state index contributed by atoms with van der Waals surface area (Å²) in [7, 11) is 0. The number of fused-ring (bicyclic) bond motifs is 2. The molecule has 4 aromatic rings. The van der Waals surface area contributed by atoms with E-state index in [2.05, 4.69) is 15.3 Å². The SMILES string of the molecule is CCn1c(NC(=O)c2ccc3c(c2)[nH]c(=O)c(=O)n3CC)nc2ccccc21. The van der Waals surface area contributed by atoms with Crippen molar-refractivity contribution < 1.29 is 4.79 Å². The van der Waals surface area contributed by atoms with E-state index in [0.717, 1.165) is 11.0 Å². The van der Waals surface area contributed by atoms with Crippen molar-refractivity contribution in [1.82, 2.24) is 19.1 Å². The number of carbonyl (C=O) groups excluding carboxylic acids is 1. The summed E-state index contributed by atoms with van der Waals surface area (Å²) in [5.41, 5.74) is 1.79. The van der Waals surface area contributed by atoms with Gasteiger partial charge in [0.25, 0.3) is 5.91 Å². The quantitative estimate of drug-likeness (QED) is 0.533. The van der Waals surface area contributed by atoms with Crippen LogP contribution in [0.3, 0.4) is 0 Å². The number of aromatic nitrogens is 4. The van der Waals surface area contributed by atoms with Gasteiger partial charge in [-0.15, -0.1) is 0 Å². The van der Waals surface area contributed by atoms with Crippen molar-refractivity contribution in [2.45, 2.75) is 26.9 Å².